The molecule has 0 bridgehead atoms. The minimum atomic E-state index is -0.430. The summed E-state index contributed by atoms with van der Waals surface area (Å²) in [7, 11) is 3.33. The van der Waals surface area contributed by atoms with Crippen molar-refractivity contribution < 1.29 is 19.4 Å². The lowest BCUT2D eigenvalue weighted by Gasteiger charge is -2.09. The van der Waals surface area contributed by atoms with E-state index in [4.69, 9.17) is 9.47 Å². The largest absolute Gasteiger partial charge is 0.508 e. The molecular weight excluding hydrogens is 262 g/mol. The van der Waals surface area contributed by atoms with Crippen LogP contribution in [0.4, 0.5) is 10.6 Å². The molecule has 0 aliphatic carbocycles. The number of carbonyl (C=O) groups excluding carboxylic acids is 1. The highest BCUT2D eigenvalue weighted by atomic mass is 16.6. The molecule has 1 aliphatic heterocycles. The summed E-state index contributed by atoms with van der Waals surface area (Å²) in [5.41, 5.74) is 0.753. The Morgan fingerprint density at radius 3 is 3.10 bits per heavy atom. The maximum absolute atomic E-state index is 11.9. The van der Waals surface area contributed by atoms with Crippen LogP contribution in [0.3, 0.4) is 0 Å². The summed E-state index contributed by atoms with van der Waals surface area (Å²) in [5, 5.41) is 14.7. The van der Waals surface area contributed by atoms with Crippen molar-refractivity contribution in [1.82, 2.24) is 9.78 Å². The number of ether oxygens (including phenoxy) is 2. The molecule has 0 spiro atoms. The third-order valence-corrected chi connectivity index (χ3v) is 3.30. The number of hydrogen-bond acceptors (Lipinski definition) is 5. The van der Waals surface area contributed by atoms with Gasteiger partial charge in [-0.1, -0.05) is 0 Å². The number of aromatic hydroxyl groups is 1. The number of aromatic nitrogens is 2. The van der Waals surface area contributed by atoms with Crippen LogP contribution in [0.2, 0.25) is 0 Å². The van der Waals surface area contributed by atoms with E-state index in [1.54, 1.807) is 37.0 Å². The molecule has 2 heterocycles. The van der Waals surface area contributed by atoms with Crippen LogP contribution >= 0.6 is 0 Å². The van der Waals surface area contributed by atoms with Gasteiger partial charge in [0, 0.05) is 25.6 Å². The van der Waals surface area contributed by atoms with Gasteiger partial charge in [-0.3, -0.25) is 9.58 Å². The van der Waals surface area contributed by atoms with Gasteiger partial charge in [-0.15, -0.1) is 0 Å². The molecule has 7 nitrogen and oxygen atoms in total. The number of anilines is 1. The van der Waals surface area contributed by atoms with Crippen molar-refractivity contribution >= 4 is 22.8 Å². The standard InChI is InChI=1S/C13H15N3O4/c1-15-11-5-8(17)3-4-10(11)12(14-15)16-6-9(7-19-2)20-13(16)18/h3-5,9,17H,6-7H2,1-2H3. The smallest absolute Gasteiger partial charge is 0.416 e. The van der Waals surface area contributed by atoms with Crippen molar-refractivity contribution in [3.05, 3.63) is 18.2 Å². The first-order valence-electron chi connectivity index (χ1n) is 6.23. The minimum absolute atomic E-state index is 0.160. The van der Waals surface area contributed by atoms with E-state index >= 15 is 0 Å². The fourth-order valence-corrected chi connectivity index (χ4v) is 2.39. The first-order chi connectivity index (χ1) is 9.60. The zero-order chi connectivity index (χ0) is 14.3. The van der Waals surface area contributed by atoms with Crippen LogP contribution in [0, 0.1) is 0 Å². The third kappa shape index (κ3) is 1.96. The molecule has 20 heavy (non-hydrogen) atoms. The third-order valence-electron chi connectivity index (χ3n) is 3.30. The van der Waals surface area contributed by atoms with Gasteiger partial charge in [0.2, 0.25) is 0 Å². The summed E-state index contributed by atoms with van der Waals surface area (Å²) in [4.78, 5) is 13.4. The zero-order valence-electron chi connectivity index (χ0n) is 11.2. The molecular formula is C13H15N3O4. The monoisotopic (exact) mass is 277 g/mol. The highest BCUT2D eigenvalue weighted by Gasteiger charge is 2.34. The number of carbonyl (C=O) groups is 1. The number of benzene rings is 1. The molecule has 1 saturated heterocycles. The average molecular weight is 277 g/mol. The molecule has 3 rings (SSSR count). The summed E-state index contributed by atoms with van der Waals surface area (Å²) in [6.45, 7) is 0.757. The molecule has 106 valence electrons. The van der Waals surface area contributed by atoms with E-state index in [0.717, 1.165) is 10.9 Å². The van der Waals surface area contributed by atoms with E-state index in [9.17, 15) is 9.90 Å². The molecule has 1 N–H and O–H groups in total. The Hall–Kier alpha value is -2.28. The van der Waals surface area contributed by atoms with Crippen LogP contribution in [0.5, 0.6) is 5.75 Å². The number of cyclic esters (lactones) is 1. The molecule has 0 radical (unpaired) electrons. The van der Waals surface area contributed by atoms with Gasteiger partial charge in [0.1, 0.15) is 11.9 Å². The van der Waals surface area contributed by atoms with Crippen molar-refractivity contribution in [2.75, 3.05) is 25.2 Å². The second-order valence-electron chi connectivity index (χ2n) is 4.72. The molecule has 2 aromatic rings. The maximum atomic E-state index is 11.9. The van der Waals surface area contributed by atoms with E-state index in [1.807, 2.05) is 0 Å². The zero-order valence-corrected chi connectivity index (χ0v) is 11.2. The number of hydrogen-bond donors (Lipinski definition) is 1. The van der Waals surface area contributed by atoms with E-state index in [0.29, 0.717) is 19.0 Å². The Labute approximate surface area is 115 Å². The maximum Gasteiger partial charge on any atom is 0.416 e. The number of phenols is 1. The fourth-order valence-electron chi connectivity index (χ4n) is 2.39. The van der Waals surface area contributed by atoms with E-state index in [2.05, 4.69) is 5.10 Å². The van der Waals surface area contributed by atoms with Gasteiger partial charge in [0.15, 0.2) is 5.82 Å². The molecule has 1 aromatic carbocycles. The highest BCUT2D eigenvalue weighted by molar-refractivity contribution is 6.00. The van der Waals surface area contributed by atoms with Gasteiger partial charge in [-0.2, -0.15) is 5.10 Å². The van der Waals surface area contributed by atoms with Gasteiger partial charge in [0.25, 0.3) is 0 Å². The molecule has 7 heteroatoms. The Bertz CT molecular complexity index is 667. The van der Waals surface area contributed by atoms with Crippen LogP contribution in [0.25, 0.3) is 10.9 Å². The fraction of sp³-hybridized carbons (Fsp3) is 0.385. The van der Waals surface area contributed by atoms with Gasteiger partial charge < -0.3 is 14.6 Å². The summed E-state index contributed by atoms with van der Waals surface area (Å²) in [6, 6.07) is 4.92. The predicted octanol–water partition coefficient (Wildman–Crippen LogP) is 1.25. The first kappa shape index (κ1) is 12.7. The summed E-state index contributed by atoms with van der Waals surface area (Å²) >= 11 is 0. The second kappa shape index (κ2) is 4.68. The molecule has 0 saturated carbocycles. The van der Waals surface area contributed by atoms with E-state index in [-0.39, 0.29) is 11.9 Å². The van der Waals surface area contributed by atoms with Crippen LogP contribution in [0.1, 0.15) is 0 Å². The molecule has 1 fully saturated rings. The Kier molecular flexibility index (Phi) is 2.98. The van der Waals surface area contributed by atoms with Crippen LogP contribution < -0.4 is 4.90 Å². The lowest BCUT2D eigenvalue weighted by Crippen LogP contribution is -2.26. The lowest BCUT2D eigenvalue weighted by molar-refractivity contribution is 0.0718. The number of aryl methyl sites for hydroxylation is 1. The number of rotatable bonds is 3. The first-order valence-corrected chi connectivity index (χ1v) is 6.23. The number of amides is 1. The average Bonchev–Trinajstić information content (AvgIpc) is 2.91. The Morgan fingerprint density at radius 1 is 1.55 bits per heavy atom. The van der Waals surface area contributed by atoms with E-state index in [1.165, 1.54) is 4.90 Å². The predicted molar refractivity (Wildman–Crippen MR) is 71.9 cm³/mol. The molecule has 1 aromatic heterocycles. The van der Waals surface area contributed by atoms with Gasteiger partial charge in [-0.05, 0) is 12.1 Å². The molecule has 1 aliphatic rings. The highest BCUT2D eigenvalue weighted by Crippen LogP contribution is 2.30. The van der Waals surface area contributed by atoms with Crippen molar-refractivity contribution in [2.24, 2.45) is 7.05 Å². The summed E-state index contributed by atoms with van der Waals surface area (Å²) in [6.07, 6.45) is -0.721. The summed E-state index contributed by atoms with van der Waals surface area (Å²) in [5.74, 6) is 0.694. The van der Waals surface area contributed by atoms with Crippen LogP contribution in [-0.2, 0) is 16.5 Å². The van der Waals surface area contributed by atoms with Gasteiger partial charge in [0.05, 0.1) is 18.7 Å². The number of phenolic OH excluding ortho intramolecular Hbond substituents is 1. The minimum Gasteiger partial charge on any atom is -0.508 e. The Morgan fingerprint density at radius 2 is 2.35 bits per heavy atom. The topological polar surface area (TPSA) is 76.8 Å². The van der Waals surface area contributed by atoms with Crippen molar-refractivity contribution in [1.29, 1.82) is 0 Å². The van der Waals surface area contributed by atoms with E-state index < -0.39 is 6.09 Å². The number of nitrogens with zero attached hydrogens (tertiary/aromatic N) is 3. The Balaban J connectivity index is 2.00. The van der Waals surface area contributed by atoms with Crippen LogP contribution in [-0.4, -0.2) is 47.3 Å². The summed E-state index contributed by atoms with van der Waals surface area (Å²) < 4.78 is 11.8. The molecule has 1 atom stereocenters. The SMILES string of the molecule is COCC1CN(c2nn(C)c3cc(O)ccc23)C(=O)O1. The van der Waals surface area contributed by atoms with Crippen LogP contribution in [0.15, 0.2) is 18.2 Å². The van der Waals surface area contributed by atoms with Gasteiger partial charge in [-0.25, -0.2) is 4.79 Å². The molecule has 1 unspecified atom stereocenters. The number of fused-ring (bicyclic) bond motifs is 1. The normalized spacial score (nSPS) is 18.8. The quantitative estimate of drug-likeness (QED) is 0.913. The second-order valence-corrected chi connectivity index (χ2v) is 4.72. The van der Waals surface area contributed by atoms with Crippen molar-refractivity contribution in [3.8, 4) is 5.75 Å². The molecule has 1 amide bonds. The van der Waals surface area contributed by atoms with Crippen molar-refractivity contribution in [3.63, 3.8) is 0 Å². The number of methoxy groups -OCH3 is 1. The van der Waals surface area contributed by atoms with Gasteiger partial charge >= 0.3 is 6.09 Å². The van der Waals surface area contributed by atoms with Crippen molar-refractivity contribution in [2.45, 2.75) is 6.10 Å². The lowest BCUT2D eigenvalue weighted by atomic mass is 10.2.